The summed E-state index contributed by atoms with van der Waals surface area (Å²) in [4.78, 5) is 12.9. The Bertz CT molecular complexity index is 1120. The number of nitrogens with zero attached hydrogens (tertiary/aromatic N) is 5. The van der Waals surface area contributed by atoms with E-state index in [0.717, 1.165) is 28.1 Å². The number of halogens is 1. The van der Waals surface area contributed by atoms with Crippen molar-refractivity contribution in [3.8, 4) is 11.4 Å². The highest BCUT2D eigenvalue weighted by Crippen LogP contribution is 2.28. The van der Waals surface area contributed by atoms with E-state index < -0.39 is 5.82 Å². The van der Waals surface area contributed by atoms with Gasteiger partial charge in [-0.1, -0.05) is 0 Å². The molecule has 0 aliphatic heterocycles. The first-order chi connectivity index (χ1) is 13.0. The molecule has 4 rings (SSSR count). The Hall–Kier alpha value is -3.35. The number of aryl methyl sites for hydroxylation is 1. The molecule has 4 aromatic heterocycles. The van der Waals surface area contributed by atoms with Crippen molar-refractivity contribution >= 4 is 22.4 Å². The first-order valence-corrected chi connectivity index (χ1v) is 8.72. The van der Waals surface area contributed by atoms with Gasteiger partial charge >= 0.3 is 0 Å². The number of nitrogens with one attached hydrogen (secondary N) is 1. The molecule has 0 aliphatic rings. The molecule has 0 spiro atoms. The fraction of sp³-hybridized carbons (Fsp3) is 0.200. The molecular weight excluding hydrogens is 343 g/mol. The van der Waals surface area contributed by atoms with Crippen LogP contribution in [0.1, 0.15) is 25.6 Å². The van der Waals surface area contributed by atoms with Gasteiger partial charge in [-0.3, -0.25) is 14.6 Å². The zero-order valence-electron chi connectivity index (χ0n) is 15.3. The molecule has 7 heteroatoms. The van der Waals surface area contributed by atoms with E-state index in [-0.39, 0.29) is 11.7 Å². The molecule has 0 saturated carbocycles. The Kier molecular flexibility index (Phi) is 4.27. The van der Waals surface area contributed by atoms with Gasteiger partial charge in [0.05, 0.1) is 17.6 Å². The average Bonchev–Trinajstić information content (AvgIpc) is 3.09. The van der Waals surface area contributed by atoms with Crippen LogP contribution in [0.25, 0.3) is 22.4 Å². The molecule has 0 saturated heterocycles. The van der Waals surface area contributed by atoms with Crippen molar-refractivity contribution in [1.82, 2.24) is 24.7 Å². The summed E-state index contributed by atoms with van der Waals surface area (Å²) < 4.78 is 16.1. The van der Waals surface area contributed by atoms with Gasteiger partial charge in [-0.05, 0) is 51.1 Å². The minimum absolute atomic E-state index is 0.200. The van der Waals surface area contributed by atoms with Crippen molar-refractivity contribution in [2.75, 3.05) is 5.32 Å². The molecule has 0 atom stereocenters. The fourth-order valence-electron chi connectivity index (χ4n) is 2.99. The van der Waals surface area contributed by atoms with Crippen LogP contribution in [0.3, 0.4) is 0 Å². The smallest absolute Gasteiger partial charge is 0.151 e. The molecule has 27 heavy (non-hydrogen) atoms. The number of anilines is 2. The van der Waals surface area contributed by atoms with Crippen molar-refractivity contribution in [1.29, 1.82) is 0 Å². The third-order valence-corrected chi connectivity index (χ3v) is 4.24. The zero-order chi connectivity index (χ0) is 19.0. The molecule has 0 fully saturated rings. The molecule has 1 N–H and O–H groups in total. The number of hydrogen-bond acceptors (Lipinski definition) is 5. The molecule has 0 aliphatic carbocycles. The van der Waals surface area contributed by atoms with Gasteiger partial charge in [0.15, 0.2) is 5.82 Å². The number of rotatable bonds is 4. The second-order valence-corrected chi connectivity index (χ2v) is 6.61. The molecule has 4 aromatic rings. The lowest BCUT2D eigenvalue weighted by atomic mass is 10.2. The minimum Gasteiger partial charge on any atom is -0.354 e. The fourth-order valence-corrected chi connectivity index (χ4v) is 2.99. The van der Waals surface area contributed by atoms with E-state index in [2.05, 4.69) is 39.2 Å². The van der Waals surface area contributed by atoms with Crippen molar-refractivity contribution in [3.05, 3.63) is 60.4 Å². The molecular formula is C20H19FN6. The standard InChI is InChI=1S/C20H19FN6/c1-12(2)27-20-16(7-9-23-18(20)11-24-27)26-14-6-8-22-17(10-14)19-15(21)5-4-13(3)25-19/h4-12H,1-3H3,(H,22,23,26). The van der Waals surface area contributed by atoms with Crippen LogP contribution in [-0.4, -0.2) is 24.7 Å². The normalized spacial score (nSPS) is 11.3. The van der Waals surface area contributed by atoms with Crippen molar-refractivity contribution in [3.63, 3.8) is 0 Å². The van der Waals surface area contributed by atoms with E-state index in [1.54, 1.807) is 30.7 Å². The van der Waals surface area contributed by atoms with Crippen LogP contribution in [0.5, 0.6) is 0 Å². The average molecular weight is 362 g/mol. The Morgan fingerprint density at radius 3 is 2.70 bits per heavy atom. The molecule has 136 valence electrons. The van der Waals surface area contributed by atoms with E-state index in [1.807, 2.05) is 23.7 Å². The lowest BCUT2D eigenvalue weighted by Gasteiger charge is -2.13. The number of fused-ring (bicyclic) bond motifs is 1. The van der Waals surface area contributed by atoms with Gasteiger partial charge < -0.3 is 5.32 Å². The van der Waals surface area contributed by atoms with Crippen molar-refractivity contribution in [2.45, 2.75) is 26.8 Å². The van der Waals surface area contributed by atoms with E-state index in [0.29, 0.717) is 5.69 Å². The summed E-state index contributed by atoms with van der Waals surface area (Å²) in [6, 6.07) is 8.77. The van der Waals surface area contributed by atoms with Gasteiger partial charge in [0.2, 0.25) is 0 Å². The van der Waals surface area contributed by atoms with Gasteiger partial charge in [0.1, 0.15) is 16.7 Å². The van der Waals surface area contributed by atoms with Crippen LogP contribution < -0.4 is 5.32 Å². The van der Waals surface area contributed by atoms with Crippen LogP contribution in [0.2, 0.25) is 0 Å². The van der Waals surface area contributed by atoms with E-state index in [1.165, 1.54) is 6.07 Å². The summed E-state index contributed by atoms with van der Waals surface area (Å²) >= 11 is 0. The molecule has 0 amide bonds. The number of hydrogen-bond donors (Lipinski definition) is 1. The molecule has 0 aromatic carbocycles. The van der Waals surface area contributed by atoms with Gasteiger partial charge in [-0.25, -0.2) is 9.37 Å². The maximum atomic E-state index is 14.2. The van der Waals surface area contributed by atoms with Crippen molar-refractivity contribution in [2.24, 2.45) is 0 Å². The Morgan fingerprint density at radius 1 is 1.07 bits per heavy atom. The van der Waals surface area contributed by atoms with E-state index in [4.69, 9.17) is 0 Å². The van der Waals surface area contributed by atoms with Gasteiger partial charge in [0.25, 0.3) is 0 Å². The van der Waals surface area contributed by atoms with Crippen LogP contribution in [0.4, 0.5) is 15.8 Å². The minimum atomic E-state index is -0.394. The predicted octanol–water partition coefficient (Wildman–Crippen LogP) is 4.66. The van der Waals surface area contributed by atoms with E-state index in [9.17, 15) is 4.39 Å². The molecule has 0 unspecified atom stereocenters. The molecule has 0 radical (unpaired) electrons. The van der Waals surface area contributed by atoms with Crippen LogP contribution in [-0.2, 0) is 0 Å². The monoisotopic (exact) mass is 362 g/mol. The first kappa shape index (κ1) is 17.1. The summed E-state index contributed by atoms with van der Waals surface area (Å²) in [6.07, 6.45) is 5.13. The quantitative estimate of drug-likeness (QED) is 0.572. The summed E-state index contributed by atoms with van der Waals surface area (Å²) in [5, 5.41) is 7.81. The first-order valence-electron chi connectivity index (χ1n) is 8.72. The van der Waals surface area contributed by atoms with Gasteiger partial charge in [-0.2, -0.15) is 5.10 Å². The third kappa shape index (κ3) is 3.23. The van der Waals surface area contributed by atoms with Gasteiger partial charge in [0, 0.05) is 29.8 Å². The third-order valence-electron chi connectivity index (χ3n) is 4.24. The Balaban J connectivity index is 1.75. The van der Waals surface area contributed by atoms with E-state index >= 15 is 0 Å². The summed E-state index contributed by atoms with van der Waals surface area (Å²) in [5.74, 6) is -0.394. The van der Waals surface area contributed by atoms with Crippen molar-refractivity contribution < 1.29 is 4.39 Å². The largest absolute Gasteiger partial charge is 0.354 e. The highest BCUT2D eigenvalue weighted by molar-refractivity contribution is 5.90. The highest BCUT2D eigenvalue weighted by atomic mass is 19.1. The number of aromatic nitrogens is 5. The molecule has 6 nitrogen and oxygen atoms in total. The van der Waals surface area contributed by atoms with Crippen LogP contribution in [0.15, 0.2) is 48.9 Å². The molecule has 4 heterocycles. The Labute approximate surface area is 156 Å². The maximum absolute atomic E-state index is 14.2. The number of pyridine rings is 3. The highest BCUT2D eigenvalue weighted by Gasteiger charge is 2.13. The predicted molar refractivity (Wildman–Crippen MR) is 103 cm³/mol. The summed E-state index contributed by atoms with van der Waals surface area (Å²) in [5.41, 5.74) is 4.85. The SMILES string of the molecule is Cc1ccc(F)c(-c2cc(Nc3ccnc4cnn(C(C)C)c34)ccn2)n1. The maximum Gasteiger partial charge on any atom is 0.151 e. The second-order valence-electron chi connectivity index (χ2n) is 6.61. The summed E-state index contributed by atoms with van der Waals surface area (Å²) in [6.45, 7) is 5.96. The topological polar surface area (TPSA) is 68.5 Å². The Morgan fingerprint density at radius 2 is 1.89 bits per heavy atom. The van der Waals surface area contributed by atoms with Crippen LogP contribution >= 0.6 is 0 Å². The second kappa shape index (κ2) is 6.75. The summed E-state index contributed by atoms with van der Waals surface area (Å²) in [7, 11) is 0. The zero-order valence-corrected chi connectivity index (χ0v) is 15.3. The molecule has 0 bridgehead atoms. The van der Waals surface area contributed by atoms with Gasteiger partial charge in [-0.15, -0.1) is 0 Å². The van der Waals surface area contributed by atoms with Crippen LogP contribution in [0, 0.1) is 12.7 Å². The lowest BCUT2D eigenvalue weighted by Crippen LogP contribution is -2.04. The lowest BCUT2D eigenvalue weighted by molar-refractivity contribution is 0.551.